The van der Waals surface area contributed by atoms with Crippen LogP contribution in [0.25, 0.3) is 72.0 Å². The maximum Gasteiger partial charge on any atom is 0.160 e. The summed E-state index contributed by atoms with van der Waals surface area (Å²) in [7, 11) is 0. The molecule has 0 saturated heterocycles. The SMILES string of the molecule is Cc1ccc2c(c1)c1cc(-c3cc(-c4ccccc4)nc(-c4ccccc4)n3)cc3c4ccccc4n2c31. The minimum atomic E-state index is 0.733. The fraction of sp³-hybridized carbons (Fsp3) is 0.0286. The van der Waals surface area contributed by atoms with Gasteiger partial charge >= 0.3 is 0 Å². The van der Waals surface area contributed by atoms with Crippen molar-refractivity contribution in [3.05, 3.63) is 127 Å². The van der Waals surface area contributed by atoms with E-state index in [2.05, 4.69) is 108 Å². The zero-order valence-electron chi connectivity index (χ0n) is 20.9. The Balaban J connectivity index is 1.48. The smallest absolute Gasteiger partial charge is 0.160 e. The van der Waals surface area contributed by atoms with Crippen LogP contribution in [0.15, 0.2) is 121 Å². The standard InChI is InChI=1S/C35H23N3/c1-22-16-17-33-27(18-22)29-20-25(19-28-26-14-8-9-15-32(26)38(33)34(28)29)31-21-30(23-10-4-2-5-11-23)36-35(37-31)24-12-6-3-7-13-24/h2-21H,1H3. The highest BCUT2D eigenvalue weighted by molar-refractivity contribution is 6.24. The molecule has 0 aliphatic rings. The molecule has 0 saturated carbocycles. The Morgan fingerprint density at radius 2 is 1.08 bits per heavy atom. The molecule has 38 heavy (non-hydrogen) atoms. The quantitative estimate of drug-likeness (QED) is 0.250. The van der Waals surface area contributed by atoms with Crippen LogP contribution in [0.1, 0.15) is 5.56 Å². The molecule has 3 heteroatoms. The van der Waals surface area contributed by atoms with Gasteiger partial charge in [-0.05, 0) is 43.3 Å². The molecular weight excluding hydrogens is 462 g/mol. The lowest BCUT2D eigenvalue weighted by molar-refractivity contribution is 1.18. The van der Waals surface area contributed by atoms with E-state index < -0.39 is 0 Å². The van der Waals surface area contributed by atoms with Crippen molar-refractivity contribution in [2.45, 2.75) is 6.92 Å². The summed E-state index contributed by atoms with van der Waals surface area (Å²) in [5.74, 6) is 0.733. The number of benzene rings is 5. The minimum Gasteiger partial charge on any atom is -0.308 e. The number of para-hydroxylation sites is 1. The Morgan fingerprint density at radius 1 is 0.474 bits per heavy atom. The lowest BCUT2D eigenvalue weighted by Gasteiger charge is -2.10. The average molecular weight is 486 g/mol. The molecule has 0 aliphatic heterocycles. The fourth-order valence-corrected chi connectivity index (χ4v) is 5.83. The summed E-state index contributed by atoms with van der Waals surface area (Å²) in [4.78, 5) is 10.1. The third-order valence-corrected chi connectivity index (χ3v) is 7.58. The number of hydrogen-bond donors (Lipinski definition) is 0. The molecule has 0 aliphatic carbocycles. The first-order chi connectivity index (χ1) is 18.7. The van der Waals surface area contributed by atoms with Crippen LogP contribution < -0.4 is 0 Å². The predicted octanol–water partition coefficient (Wildman–Crippen LogP) is 8.94. The molecule has 178 valence electrons. The van der Waals surface area contributed by atoms with Gasteiger partial charge in [0.1, 0.15) is 0 Å². The third-order valence-electron chi connectivity index (χ3n) is 7.58. The zero-order chi connectivity index (χ0) is 25.2. The Kier molecular flexibility index (Phi) is 4.44. The van der Waals surface area contributed by atoms with E-state index in [0.29, 0.717) is 0 Å². The van der Waals surface area contributed by atoms with Crippen LogP contribution >= 0.6 is 0 Å². The molecule has 0 spiro atoms. The maximum atomic E-state index is 5.12. The van der Waals surface area contributed by atoms with Crippen molar-refractivity contribution in [2.75, 3.05) is 0 Å². The van der Waals surface area contributed by atoms with Crippen LogP contribution in [0.3, 0.4) is 0 Å². The van der Waals surface area contributed by atoms with Crippen molar-refractivity contribution >= 4 is 38.1 Å². The summed E-state index contributed by atoms with van der Waals surface area (Å²) in [5.41, 5.74) is 10.0. The van der Waals surface area contributed by atoms with Crippen LogP contribution in [-0.2, 0) is 0 Å². The van der Waals surface area contributed by atoms with E-state index in [1.807, 2.05) is 24.3 Å². The summed E-state index contributed by atoms with van der Waals surface area (Å²) in [6, 6.07) is 42.8. The zero-order valence-corrected chi connectivity index (χ0v) is 20.9. The molecule has 8 rings (SSSR count). The van der Waals surface area contributed by atoms with Crippen LogP contribution in [-0.4, -0.2) is 14.4 Å². The normalized spacial score (nSPS) is 11.8. The Bertz CT molecular complexity index is 2070. The molecule has 0 radical (unpaired) electrons. The average Bonchev–Trinajstić information content (AvgIpc) is 3.49. The highest BCUT2D eigenvalue weighted by Gasteiger charge is 2.20. The van der Waals surface area contributed by atoms with E-state index >= 15 is 0 Å². The predicted molar refractivity (Wildman–Crippen MR) is 158 cm³/mol. The number of fused-ring (bicyclic) bond motifs is 6. The van der Waals surface area contributed by atoms with Crippen LogP contribution in [0.4, 0.5) is 0 Å². The number of hydrogen-bond acceptors (Lipinski definition) is 2. The van der Waals surface area contributed by atoms with Gasteiger partial charge in [0.25, 0.3) is 0 Å². The molecule has 0 amide bonds. The van der Waals surface area contributed by atoms with Gasteiger partial charge in [-0.1, -0.05) is 90.5 Å². The summed E-state index contributed by atoms with van der Waals surface area (Å²) in [6.45, 7) is 2.16. The number of aromatic nitrogens is 3. The second-order valence-electron chi connectivity index (χ2n) is 9.99. The van der Waals surface area contributed by atoms with Gasteiger partial charge in [0, 0.05) is 38.2 Å². The van der Waals surface area contributed by atoms with Crippen LogP contribution in [0.2, 0.25) is 0 Å². The van der Waals surface area contributed by atoms with Crippen molar-refractivity contribution in [1.82, 2.24) is 14.4 Å². The first-order valence-corrected chi connectivity index (χ1v) is 12.9. The first-order valence-electron chi connectivity index (χ1n) is 12.9. The van der Waals surface area contributed by atoms with Gasteiger partial charge in [-0.2, -0.15) is 0 Å². The van der Waals surface area contributed by atoms with Gasteiger partial charge in [-0.25, -0.2) is 9.97 Å². The van der Waals surface area contributed by atoms with E-state index in [1.54, 1.807) is 0 Å². The molecule has 3 nitrogen and oxygen atoms in total. The van der Waals surface area contributed by atoms with Crippen molar-refractivity contribution in [2.24, 2.45) is 0 Å². The molecule has 0 bridgehead atoms. The van der Waals surface area contributed by atoms with E-state index in [-0.39, 0.29) is 0 Å². The monoisotopic (exact) mass is 485 g/mol. The Hall–Kier alpha value is -5.02. The number of aryl methyl sites for hydroxylation is 1. The van der Waals surface area contributed by atoms with E-state index in [4.69, 9.17) is 9.97 Å². The molecular formula is C35H23N3. The largest absolute Gasteiger partial charge is 0.308 e. The van der Waals surface area contributed by atoms with E-state index in [0.717, 1.165) is 33.9 Å². The molecule has 5 aromatic carbocycles. The first kappa shape index (κ1) is 21.1. The molecule has 0 unspecified atom stereocenters. The van der Waals surface area contributed by atoms with Crippen molar-refractivity contribution in [3.63, 3.8) is 0 Å². The van der Waals surface area contributed by atoms with Gasteiger partial charge in [0.2, 0.25) is 0 Å². The van der Waals surface area contributed by atoms with Gasteiger partial charge in [0.05, 0.1) is 27.9 Å². The second kappa shape index (κ2) is 7.99. The highest BCUT2D eigenvalue weighted by atomic mass is 14.9. The maximum absolute atomic E-state index is 5.12. The summed E-state index contributed by atoms with van der Waals surface area (Å²) >= 11 is 0. The molecule has 0 atom stereocenters. The van der Waals surface area contributed by atoms with Crippen LogP contribution in [0, 0.1) is 6.92 Å². The third kappa shape index (κ3) is 3.09. The minimum absolute atomic E-state index is 0.733. The van der Waals surface area contributed by atoms with E-state index in [9.17, 15) is 0 Å². The molecule has 3 heterocycles. The summed E-state index contributed by atoms with van der Waals surface area (Å²) in [5, 5.41) is 5.05. The summed E-state index contributed by atoms with van der Waals surface area (Å²) in [6.07, 6.45) is 0. The fourth-order valence-electron chi connectivity index (χ4n) is 5.83. The Labute approximate surface area is 220 Å². The van der Waals surface area contributed by atoms with Crippen LogP contribution in [0.5, 0.6) is 0 Å². The molecule has 0 N–H and O–H groups in total. The van der Waals surface area contributed by atoms with Crippen molar-refractivity contribution in [1.29, 1.82) is 0 Å². The van der Waals surface area contributed by atoms with E-state index in [1.165, 1.54) is 43.7 Å². The Morgan fingerprint density at radius 3 is 1.84 bits per heavy atom. The van der Waals surface area contributed by atoms with Crippen molar-refractivity contribution in [3.8, 4) is 33.9 Å². The molecule has 0 fully saturated rings. The lowest BCUT2D eigenvalue weighted by atomic mass is 10.0. The molecule has 3 aromatic heterocycles. The highest BCUT2D eigenvalue weighted by Crippen LogP contribution is 2.42. The van der Waals surface area contributed by atoms with Gasteiger partial charge in [-0.15, -0.1) is 0 Å². The van der Waals surface area contributed by atoms with Gasteiger partial charge in [-0.3, -0.25) is 0 Å². The summed E-state index contributed by atoms with van der Waals surface area (Å²) < 4.78 is 2.42. The second-order valence-corrected chi connectivity index (χ2v) is 9.99. The number of nitrogens with zero attached hydrogens (tertiary/aromatic N) is 3. The topological polar surface area (TPSA) is 30.2 Å². The van der Waals surface area contributed by atoms with Gasteiger partial charge in [0.15, 0.2) is 5.82 Å². The molecule has 8 aromatic rings. The number of rotatable bonds is 3. The lowest BCUT2D eigenvalue weighted by Crippen LogP contribution is -1.95. The van der Waals surface area contributed by atoms with Gasteiger partial charge < -0.3 is 4.40 Å². The van der Waals surface area contributed by atoms with Crippen molar-refractivity contribution < 1.29 is 0 Å².